The smallest absolute Gasteiger partial charge is 0.203 e. The highest BCUT2D eigenvalue weighted by atomic mass is 19.1. The van der Waals surface area contributed by atoms with Crippen LogP contribution in [0, 0.1) is 5.82 Å². The second kappa shape index (κ2) is 7.42. The summed E-state index contributed by atoms with van der Waals surface area (Å²) >= 11 is 0. The van der Waals surface area contributed by atoms with Crippen molar-refractivity contribution < 1.29 is 24.1 Å². The van der Waals surface area contributed by atoms with Crippen LogP contribution in [0.5, 0.6) is 17.2 Å². The van der Waals surface area contributed by atoms with E-state index in [1.54, 1.807) is 0 Å². The molecule has 0 aliphatic carbocycles. The number of nitrogens with one attached hydrogen (secondary N) is 1. The molecule has 3 N–H and O–H groups in total. The van der Waals surface area contributed by atoms with Crippen molar-refractivity contribution in [1.82, 2.24) is 9.55 Å². The molecule has 0 amide bonds. The molecule has 164 valence electrons. The third kappa shape index (κ3) is 3.11. The lowest BCUT2D eigenvalue weighted by Crippen LogP contribution is -2.49. The fourth-order valence-corrected chi connectivity index (χ4v) is 4.02. The minimum Gasteiger partial charge on any atom is -0.502 e. The van der Waals surface area contributed by atoms with Gasteiger partial charge in [0.2, 0.25) is 5.75 Å². The Hall–Kier alpha value is -3.78. The van der Waals surface area contributed by atoms with E-state index in [4.69, 9.17) is 9.47 Å². The Balaban J connectivity index is 1.72. The van der Waals surface area contributed by atoms with Crippen molar-refractivity contribution >= 4 is 22.4 Å². The van der Waals surface area contributed by atoms with Crippen LogP contribution >= 0.6 is 0 Å². The fraction of sp³-hybridized carbons (Fsp3) is 0.208. The van der Waals surface area contributed by atoms with Gasteiger partial charge in [-0.25, -0.2) is 9.37 Å². The highest BCUT2D eigenvalue weighted by Crippen LogP contribution is 2.45. The molecule has 32 heavy (non-hydrogen) atoms. The second-order valence-corrected chi connectivity index (χ2v) is 8.09. The number of imidazole rings is 1. The quantitative estimate of drug-likeness (QED) is 0.392. The number of rotatable bonds is 5. The third-order valence-electron chi connectivity index (χ3n) is 5.72. The summed E-state index contributed by atoms with van der Waals surface area (Å²) in [5.74, 6) is -2.22. The zero-order valence-corrected chi connectivity index (χ0v) is 17.6. The highest BCUT2D eigenvalue weighted by molar-refractivity contribution is 5.86. The number of aromatic hydroxyl groups is 2. The van der Waals surface area contributed by atoms with Crippen molar-refractivity contribution in [2.45, 2.75) is 12.5 Å². The van der Waals surface area contributed by atoms with Crippen LogP contribution in [0.4, 0.5) is 15.8 Å². The van der Waals surface area contributed by atoms with Crippen molar-refractivity contribution in [3.63, 3.8) is 0 Å². The van der Waals surface area contributed by atoms with E-state index in [0.717, 1.165) is 16.9 Å². The third-order valence-corrected chi connectivity index (χ3v) is 5.72. The van der Waals surface area contributed by atoms with Gasteiger partial charge in [0.25, 0.3) is 0 Å². The molecule has 0 saturated carbocycles. The van der Waals surface area contributed by atoms with Crippen LogP contribution < -0.4 is 10.1 Å². The lowest BCUT2D eigenvalue weighted by atomic mass is 9.98. The van der Waals surface area contributed by atoms with Crippen molar-refractivity contribution in [2.75, 3.05) is 25.6 Å². The van der Waals surface area contributed by atoms with E-state index in [9.17, 15) is 10.2 Å². The average molecular weight is 435 g/mol. The van der Waals surface area contributed by atoms with Gasteiger partial charge >= 0.3 is 0 Å². The predicted octanol–water partition coefficient (Wildman–Crippen LogP) is 4.75. The van der Waals surface area contributed by atoms with Gasteiger partial charge < -0.3 is 29.6 Å². The summed E-state index contributed by atoms with van der Waals surface area (Å²) in [6.45, 7) is 2.88. The Kier molecular flexibility index (Phi) is 4.67. The lowest BCUT2D eigenvalue weighted by Gasteiger charge is -2.40. The number of nitrogens with zero attached hydrogens (tertiary/aromatic N) is 2. The molecule has 0 atom stereocenters. The number of ether oxygens (including phenoxy) is 2. The Morgan fingerprint density at radius 3 is 2.47 bits per heavy atom. The standard InChI is InChI=1S/C24H22FN3O4/c1-24(12-32-13-24)28-18-10-15(26-14-6-4-3-5-7-14)8-9-17(18)27-23(28)16-11-19(31-2)21(29)22(30)20(16)25/h3-11,26,29-30H,12-13H2,1-2H3. The molecular formula is C24H22FN3O4. The van der Waals surface area contributed by atoms with E-state index in [0.29, 0.717) is 24.6 Å². The zero-order valence-electron chi connectivity index (χ0n) is 17.6. The normalized spacial score (nSPS) is 14.8. The number of hydrogen-bond acceptors (Lipinski definition) is 6. The van der Waals surface area contributed by atoms with Gasteiger partial charge in [0.05, 0.1) is 42.5 Å². The molecule has 0 radical (unpaired) electrons. The number of para-hydroxylation sites is 1. The number of benzene rings is 3. The molecule has 1 aliphatic heterocycles. The van der Waals surface area contributed by atoms with Gasteiger partial charge in [-0.2, -0.15) is 0 Å². The van der Waals surface area contributed by atoms with Gasteiger partial charge in [0.15, 0.2) is 17.3 Å². The molecule has 0 spiro atoms. The molecule has 0 unspecified atom stereocenters. The zero-order chi connectivity index (χ0) is 22.5. The van der Waals surface area contributed by atoms with E-state index in [1.807, 2.05) is 60.0 Å². The topological polar surface area (TPSA) is 88.8 Å². The Morgan fingerprint density at radius 1 is 1.06 bits per heavy atom. The number of fused-ring (bicyclic) bond motifs is 1. The summed E-state index contributed by atoms with van der Waals surface area (Å²) < 4.78 is 27.6. The Labute approximate surface area is 183 Å². The number of phenolic OH excluding ortho intramolecular Hbond substituents is 2. The molecule has 1 aliphatic rings. The summed E-state index contributed by atoms with van der Waals surface area (Å²) in [7, 11) is 1.34. The highest BCUT2D eigenvalue weighted by Gasteiger charge is 2.39. The van der Waals surface area contributed by atoms with Crippen LogP contribution in [0.1, 0.15) is 6.92 Å². The molecule has 5 rings (SSSR count). The lowest BCUT2D eigenvalue weighted by molar-refractivity contribution is -0.0868. The van der Waals surface area contributed by atoms with Gasteiger partial charge in [-0.05, 0) is 43.3 Å². The Bertz CT molecular complexity index is 1320. The number of methoxy groups -OCH3 is 1. The molecule has 2 heterocycles. The molecular weight excluding hydrogens is 413 g/mol. The molecule has 1 aromatic heterocycles. The minimum atomic E-state index is -0.966. The SMILES string of the molecule is COc1cc(-c2nc3ccc(Nc4ccccc4)cc3n2C2(C)COC2)c(F)c(O)c1O. The van der Waals surface area contributed by atoms with Gasteiger partial charge in [0.1, 0.15) is 5.82 Å². The van der Waals surface area contributed by atoms with Crippen LogP contribution in [-0.2, 0) is 10.3 Å². The first-order valence-corrected chi connectivity index (χ1v) is 10.1. The largest absolute Gasteiger partial charge is 0.502 e. The van der Waals surface area contributed by atoms with E-state index in [1.165, 1.54) is 13.2 Å². The summed E-state index contributed by atoms with van der Waals surface area (Å²) in [4.78, 5) is 4.68. The first-order valence-electron chi connectivity index (χ1n) is 10.1. The first kappa shape index (κ1) is 20.1. The predicted molar refractivity (Wildman–Crippen MR) is 119 cm³/mol. The maximum Gasteiger partial charge on any atom is 0.203 e. The Morgan fingerprint density at radius 2 is 1.81 bits per heavy atom. The monoisotopic (exact) mass is 435 g/mol. The summed E-state index contributed by atoms with van der Waals surface area (Å²) in [5, 5.41) is 23.5. The maximum atomic E-state index is 15.1. The molecule has 7 nitrogen and oxygen atoms in total. The molecule has 4 aromatic rings. The number of aromatic nitrogens is 2. The van der Waals surface area contributed by atoms with Crippen molar-refractivity contribution in [3.05, 3.63) is 60.4 Å². The van der Waals surface area contributed by atoms with E-state index >= 15 is 4.39 Å². The number of halogens is 1. The molecule has 8 heteroatoms. The minimum absolute atomic E-state index is 0.0269. The van der Waals surface area contributed by atoms with Crippen LogP contribution in [0.25, 0.3) is 22.4 Å². The number of phenols is 2. The summed E-state index contributed by atoms with van der Waals surface area (Å²) in [5.41, 5.74) is 2.82. The molecule has 3 aromatic carbocycles. The van der Waals surface area contributed by atoms with Crippen LogP contribution in [0.3, 0.4) is 0 Å². The van der Waals surface area contributed by atoms with Gasteiger partial charge in [-0.15, -0.1) is 0 Å². The average Bonchev–Trinajstić information content (AvgIpc) is 3.15. The van der Waals surface area contributed by atoms with Crippen molar-refractivity contribution in [3.8, 4) is 28.6 Å². The second-order valence-electron chi connectivity index (χ2n) is 8.09. The number of hydrogen-bond donors (Lipinski definition) is 3. The van der Waals surface area contributed by atoms with E-state index < -0.39 is 22.9 Å². The van der Waals surface area contributed by atoms with Crippen molar-refractivity contribution in [1.29, 1.82) is 0 Å². The van der Waals surface area contributed by atoms with Crippen LogP contribution in [0.2, 0.25) is 0 Å². The van der Waals surface area contributed by atoms with Crippen LogP contribution in [0.15, 0.2) is 54.6 Å². The fourth-order valence-electron chi connectivity index (χ4n) is 4.02. The molecule has 1 saturated heterocycles. The molecule has 0 bridgehead atoms. The van der Waals surface area contributed by atoms with E-state index in [2.05, 4.69) is 10.3 Å². The van der Waals surface area contributed by atoms with Gasteiger partial charge in [-0.3, -0.25) is 0 Å². The maximum absolute atomic E-state index is 15.1. The molecule has 1 fully saturated rings. The van der Waals surface area contributed by atoms with Crippen molar-refractivity contribution in [2.24, 2.45) is 0 Å². The van der Waals surface area contributed by atoms with Gasteiger partial charge in [0, 0.05) is 11.4 Å². The van der Waals surface area contributed by atoms with Gasteiger partial charge in [-0.1, -0.05) is 18.2 Å². The van der Waals surface area contributed by atoms with Crippen LogP contribution in [-0.4, -0.2) is 40.1 Å². The number of anilines is 2. The summed E-state index contributed by atoms with van der Waals surface area (Å²) in [6.07, 6.45) is 0. The first-order chi connectivity index (χ1) is 15.4. The van der Waals surface area contributed by atoms with E-state index in [-0.39, 0.29) is 11.3 Å². The summed E-state index contributed by atoms with van der Waals surface area (Å²) in [6, 6.07) is 16.8.